The minimum absolute atomic E-state index is 0.565. The molecule has 2 unspecified atom stereocenters. The van der Waals surface area contributed by atoms with Crippen LogP contribution in [0.4, 0.5) is 11.4 Å². The van der Waals surface area contributed by atoms with Crippen molar-refractivity contribution in [1.29, 1.82) is 0 Å². The molecule has 1 aromatic carbocycles. The van der Waals surface area contributed by atoms with E-state index < -0.39 is 0 Å². The van der Waals surface area contributed by atoms with Crippen LogP contribution in [-0.2, 0) is 0 Å². The minimum atomic E-state index is 0.565. The van der Waals surface area contributed by atoms with Gasteiger partial charge in [-0.25, -0.2) is 0 Å². The van der Waals surface area contributed by atoms with Crippen LogP contribution in [0.2, 0.25) is 0 Å². The number of pyridine rings is 1. The first-order chi connectivity index (χ1) is 9.29. The summed E-state index contributed by atoms with van der Waals surface area (Å²) in [5, 5.41) is 6.63. The van der Waals surface area contributed by atoms with Gasteiger partial charge in [0.25, 0.3) is 0 Å². The molecule has 1 aliphatic rings. The Balaban J connectivity index is 1.95. The zero-order chi connectivity index (χ0) is 13.2. The molecule has 1 fully saturated rings. The highest BCUT2D eigenvalue weighted by molar-refractivity contribution is 7.99. The second kappa shape index (κ2) is 5.29. The highest BCUT2D eigenvalue weighted by Crippen LogP contribution is 2.34. The summed E-state index contributed by atoms with van der Waals surface area (Å²) in [5.74, 6) is 0. The third kappa shape index (κ3) is 2.37. The average molecular weight is 273 g/mol. The second-order valence-electron chi connectivity index (χ2n) is 5.08. The summed E-state index contributed by atoms with van der Waals surface area (Å²) in [6.45, 7) is 0. The van der Waals surface area contributed by atoms with Crippen molar-refractivity contribution in [2.75, 3.05) is 17.3 Å². The van der Waals surface area contributed by atoms with E-state index in [9.17, 15) is 0 Å². The summed E-state index contributed by atoms with van der Waals surface area (Å²) in [5.41, 5.74) is 7.99. The van der Waals surface area contributed by atoms with E-state index in [1.807, 2.05) is 36.3 Å². The zero-order valence-electron chi connectivity index (χ0n) is 11.1. The first-order valence-electron chi connectivity index (χ1n) is 6.71. The maximum atomic E-state index is 6.01. The first kappa shape index (κ1) is 12.6. The van der Waals surface area contributed by atoms with E-state index in [1.165, 1.54) is 30.3 Å². The first-order valence-corrected chi connectivity index (χ1v) is 8.00. The maximum Gasteiger partial charge on any atom is 0.0425 e. The van der Waals surface area contributed by atoms with Crippen LogP contribution in [0.25, 0.3) is 10.8 Å². The van der Waals surface area contributed by atoms with Gasteiger partial charge in [0.1, 0.15) is 0 Å². The van der Waals surface area contributed by atoms with Crippen LogP contribution in [0, 0.1) is 0 Å². The van der Waals surface area contributed by atoms with Crippen molar-refractivity contribution in [3.8, 4) is 0 Å². The Hall–Kier alpha value is -1.42. The molecule has 4 heteroatoms. The van der Waals surface area contributed by atoms with Crippen molar-refractivity contribution in [3.63, 3.8) is 0 Å². The zero-order valence-corrected chi connectivity index (χ0v) is 11.9. The lowest BCUT2D eigenvalue weighted by molar-refractivity contribution is 0.770. The normalized spacial score (nSPS) is 22.8. The summed E-state index contributed by atoms with van der Waals surface area (Å²) in [7, 11) is 0. The average Bonchev–Trinajstić information content (AvgIpc) is 2.89. The number of nitrogens with zero attached hydrogens (tertiary/aromatic N) is 1. The summed E-state index contributed by atoms with van der Waals surface area (Å²) in [6, 6.07) is 6.66. The monoisotopic (exact) mass is 273 g/mol. The molecule has 1 aliphatic carbocycles. The fraction of sp³-hybridized carbons (Fsp3) is 0.400. The Morgan fingerprint density at radius 1 is 1.26 bits per heavy atom. The molecule has 0 radical (unpaired) electrons. The van der Waals surface area contributed by atoms with Crippen molar-refractivity contribution >= 4 is 33.9 Å². The molecule has 3 N–H and O–H groups in total. The highest BCUT2D eigenvalue weighted by atomic mass is 32.2. The molecule has 2 atom stereocenters. The third-order valence-electron chi connectivity index (χ3n) is 3.95. The topological polar surface area (TPSA) is 50.9 Å². The number of anilines is 2. The summed E-state index contributed by atoms with van der Waals surface area (Å²) in [6.07, 6.45) is 9.76. The number of nitrogens with two attached hydrogens (primary N) is 1. The van der Waals surface area contributed by atoms with Gasteiger partial charge in [0, 0.05) is 45.8 Å². The van der Waals surface area contributed by atoms with Crippen LogP contribution < -0.4 is 11.1 Å². The number of nitrogen functional groups attached to an aromatic ring is 1. The maximum absolute atomic E-state index is 6.01. The number of hydrogen-bond acceptors (Lipinski definition) is 4. The molecule has 0 saturated heterocycles. The number of aromatic nitrogens is 1. The number of nitrogens with one attached hydrogen (secondary N) is 1. The Labute approximate surface area is 118 Å². The fourth-order valence-electron chi connectivity index (χ4n) is 2.91. The standard InChI is InChI=1S/C15H19N3S/c1-19-15-4-2-3-14(15)18-13-6-5-12(16)11-9-17-8-7-10(11)13/h5-9,14-15,18H,2-4,16H2,1H3. The Morgan fingerprint density at radius 3 is 3.00 bits per heavy atom. The van der Waals surface area contributed by atoms with Gasteiger partial charge in [0.2, 0.25) is 0 Å². The van der Waals surface area contributed by atoms with Gasteiger partial charge in [-0.2, -0.15) is 11.8 Å². The second-order valence-corrected chi connectivity index (χ2v) is 6.16. The molecule has 1 aromatic heterocycles. The van der Waals surface area contributed by atoms with E-state index in [0.29, 0.717) is 6.04 Å². The van der Waals surface area contributed by atoms with Gasteiger partial charge >= 0.3 is 0 Å². The van der Waals surface area contributed by atoms with Gasteiger partial charge in [-0.1, -0.05) is 6.42 Å². The minimum Gasteiger partial charge on any atom is -0.398 e. The summed E-state index contributed by atoms with van der Waals surface area (Å²) >= 11 is 1.97. The van der Waals surface area contributed by atoms with Crippen LogP contribution in [0.15, 0.2) is 30.6 Å². The summed E-state index contributed by atoms with van der Waals surface area (Å²) < 4.78 is 0. The smallest absolute Gasteiger partial charge is 0.0425 e. The number of thioether (sulfide) groups is 1. The Morgan fingerprint density at radius 2 is 2.16 bits per heavy atom. The van der Waals surface area contributed by atoms with Gasteiger partial charge in [-0.05, 0) is 37.3 Å². The van der Waals surface area contributed by atoms with E-state index in [0.717, 1.165) is 16.3 Å². The van der Waals surface area contributed by atoms with E-state index in [-0.39, 0.29) is 0 Å². The highest BCUT2D eigenvalue weighted by Gasteiger charge is 2.26. The molecule has 0 bridgehead atoms. The quantitative estimate of drug-likeness (QED) is 0.840. The van der Waals surface area contributed by atoms with Crippen molar-refractivity contribution in [2.45, 2.75) is 30.6 Å². The number of rotatable bonds is 3. The van der Waals surface area contributed by atoms with Crippen LogP contribution in [0.1, 0.15) is 19.3 Å². The van der Waals surface area contributed by atoms with Crippen LogP contribution in [-0.4, -0.2) is 22.5 Å². The lowest BCUT2D eigenvalue weighted by Gasteiger charge is -2.21. The van der Waals surface area contributed by atoms with Gasteiger partial charge < -0.3 is 11.1 Å². The SMILES string of the molecule is CSC1CCCC1Nc1ccc(N)c2cnccc12. The largest absolute Gasteiger partial charge is 0.398 e. The molecule has 0 aliphatic heterocycles. The lowest BCUT2D eigenvalue weighted by Crippen LogP contribution is -2.25. The molecule has 1 saturated carbocycles. The van der Waals surface area contributed by atoms with Crippen molar-refractivity contribution in [2.24, 2.45) is 0 Å². The Bertz CT molecular complexity index is 585. The predicted molar refractivity (Wildman–Crippen MR) is 84.7 cm³/mol. The van der Waals surface area contributed by atoms with Crippen LogP contribution >= 0.6 is 11.8 Å². The van der Waals surface area contributed by atoms with Crippen LogP contribution in [0.5, 0.6) is 0 Å². The van der Waals surface area contributed by atoms with E-state index in [1.54, 1.807) is 0 Å². The number of hydrogen-bond donors (Lipinski definition) is 2. The molecular formula is C15H19N3S. The fourth-order valence-corrected chi connectivity index (χ4v) is 3.85. The molecule has 19 heavy (non-hydrogen) atoms. The van der Waals surface area contributed by atoms with E-state index in [2.05, 4.69) is 22.6 Å². The van der Waals surface area contributed by atoms with Crippen molar-refractivity contribution in [1.82, 2.24) is 4.98 Å². The third-order valence-corrected chi connectivity index (χ3v) is 5.12. The molecule has 2 aromatic rings. The van der Waals surface area contributed by atoms with Gasteiger partial charge in [0.05, 0.1) is 0 Å². The predicted octanol–water partition coefficient (Wildman–Crippen LogP) is 3.51. The van der Waals surface area contributed by atoms with Crippen molar-refractivity contribution < 1.29 is 0 Å². The molecule has 0 amide bonds. The van der Waals surface area contributed by atoms with Gasteiger partial charge in [0.15, 0.2) is 0 Å². The van der Waals surface area contributed by atoms with Gasteiger partial charge in [-0.3, -0.25) is 4.98 Å². The lowest BCUT2D eigenvalue weighted by atomic mass is 10.1. The molecule has 3 nitrogen and oxygen atoms in total. The van der Waals surface area contributed by atoms with E-state index in [4.69, 9.17) is 5.73 Å². The van der Waals surface area contributed by atoms with Crippen LogP contribution in [0.3, 0.4) is 0 Å². The van der Waals surface area contributed by atoms with Gasteiger partial charge in [-0.15, -0.1) is 0 Å². The molecule has 100 valence electrons. The van der Waals surface area contributed by atoms with E-state index >= 15 is 0 Å². The Kier molecular flexibility index (Phi) is 3.51. The molecule has 1 heterocycles. The number of fused-ring (bicyclic) bond motifs is 1. The molecule has 3 rings (SSSR count). The van der Waals surface area contributed by atoms with Crippen molar-refractivity contribution in [3.05, 3.63) is 30.6 Å². The molecule has 0 spiro atoms. The number of benzene rings is 1. The molecular weight excluding hydrogens is 254 g/mol. The summed E-state index contributed by atoms with van der Waals surface area (Å²) in [4.78, 5) is 4.17.